The van der Waals surface area contributed by atoms with Crippen molar-refractivity contribution in [2.24, 2.45) is 5.92 Å². The largest absolute Gasteiger partial charge is 0.495 e. The van der Waals surface area contributed by atoms with E-state index in [2.05, 4.69) is 13.8 Å². The number of aliphatic hydroxyl groups excluding tert-OH is 1. The molecule has 1 N–H and O–H groups in total. The van der Waals surface area contributed by atoms with Gasteiger partial charge in [0.15, 0.2) is 0 Å². The van der Waals surface area contributed by atoms with Crippen LogP contribution in [-0.2, 0) is 0 Å². The second kappa shape index (κ2) is 4.88. The molecule has 0 spiro atoms. The van der Waals surface area contributed by atoms with Crippen LogP contribution in [0.2, 0.25) is 10.0 Å². The molecule has 0 amide bonds. The summed E-state index contributed by atoms with van der Waals surface area (Å²) in [6.07, 6.45) is -0.515. The maximum absolute atomic E-state index is 10.3. The summed E-state index contributed by atoms with van der Waals surface area (Å²) in [5.74, 6) is 0.878. The number of benzene rings is 1. The van der Waals surface area contributed by atoms with Crippen molar-refractivity contribution in [2.45, 2.75) is 30.1 Å². The fourth-order valence-corrected chi connectivity index (χ4v) is 3.93. The van der Waals surface area contributed by atoms with Crippen molar-refractivity contribution in [1.29, 1.82) is 0 Å². The van der Waals surface area contributed by atoms with Crippen LogP contribution in [-0.4, -0.2) is 17.5 Å². The fourth-order valence-electron chi connectivity index (χ4n) is 1.97. The highest BCUT2D eigenvalue weighted by Gasteiger charge is 2.36. The van der Waals surface area contributed by atoms with Crippen LogP contribution in [0, 0.1) is 5.92 Å². The summed E-state index contributed by atoms with van der Waals surface area (Å²) in [7, 11) is 1.54. The Morgan fingerprint density at radius 3 is 2.53 bits per heavy atom. The van der Waals surface area contributed by atoms with Gasteiger partial charge < -0.3 is 9.84 Å². The zero-order chi connectivity index (χ0) is 12.7. The van der Waals surface area contributed by atoms with Crippen LogP contribution >= 0.6 is 35.0 Å². The van der Waals surface area contributed by atoms with Gasteiger partial charge in [-0.25, -0.2) is 0 Å². The fraction of sp³-hybridized carbons (Fsp3) is 0.500. The number of ether oxygens (including phenoxy) is 1. The summed E-state index contributed by atoms with van der Waals surface area (Å²) in [4.78, 5) is 0.878. The number of hydrogen-bond donors (Lipinski definition) is 1. The number of fused-ring (bicyclic) bond motifs is 1. The average Bonchev–Trinajstić information content (AvgIpc) is 2.61. The van der Waals surface area contributed by atoms with E-state index >= 15 is 0 Å². The highest BCUT2D eigenvalue weighted by atomic mass is 35.5. The molecule has 1 heterocycles. The quantitative estimate of drug-likeness (QED) is 0.887. The Balaban J connectivity index is 2.52. The summed E-state index contributed by atoms with van der Waals surface area (Å²) in [6, 6.07) is 1.78. The van der Waals surface area contributed by atoms with Crippen molar-refractivity contribution >= 4 is 35.0 Å². The zero-order valence-electron chi connectivity index (χ0n) is 9.83. The second-order valence-electron chi connectivity index (χ2n) is 4.40. The van der Waals surface area contributed by atoms with Crippen LogP contribution in [0.5, 0.6) is 5.75 Å². The van der Waals surface area contributed by atoms with E-state index < -0.39 is 6.10 Å². The molecular weight excluding hydrogens is 279 g/mol. The van der Waals surface area contributed by atoms with E-state index in [9.17, 15) is 5.11 Å². The van der Waals surface area contributed by atoms with Crippen molar-refractivity contribution in [3.05, 3.63) is 21.7 Å². The first-order chi connectivity index (χ1) is 7.97. The van der Waals surface area contributed by atoms with E-state index in [1.165, 1.54) is 0 Å². The Morgan fingerprint density at radius 2 is 2.00 bits per heavy atom. The van der Waals surface area contributed by atoms with Gasteiger partial charge in [0.05, 0.1) is 18.2 Å². The predicted octanol–water partition coefficient (Wildman–Crippen LogP) is 4.17. The van der Waals surface area contributed by atoms with Gasteiger partial charge in [-0.1, -0.05) is 37.0 Å². The molecule has 2 unspecified atom stereocenters. The molecule has 0 saturated carbocycles. The van der Waals surface area contributed by atoms with Crippen LogP contribution in [0.15, 0.2) is 11.0 Å². The zero-order valence-corrected chi connectivity index (χ0v) is 12.2. The van der Waals surface area contributed by atoms with Crippen LogP contribution in [0.4, 0.5) is 0 Å². The predicted molar refractivity (Wildman–Crippen MR) is 72.5 cm³/mol. The van der Waals surface area contributed by atoms with Gasteiger partial charge in [-0.3, -0.25) is 0 Å². The molecule has 0 radical (unpaired) electrons. The Labute approximate surface area is 115 Å². The molecule has 0 fully saturated rings. The van der Waals surface area contributed by atoms with E-state index in [4.69, 9.17) is 27.9 Å². The smallest absolute Gasteiger partial charge is 0.139 e. The number of thioether (sulfide) groups is 1. The minimum atomic E-state index is -0.515. The molecule has 17 heavy (non-hydrogen) atoms. The molecular formula is C12H14Cl2O2S. The van der Waals surface area contributed by atoms with Crippen molar-refractivity contribution in [3.63, 3.8) is 0 Å². The summed E-state index contributed by atoms with van der Waals surface area (Å²) in [6.45, 7) is 4.17. The third-order valence-electron chi connectivity index (χ3n) is 2.92. The van der Waals surface area contributed by atoms with Gasteiger partial charge in [0.2, 0.25) is 0 Å². The van der Waals surface area contributed by atoms with E-state index in [1.54, 1.807) is 24.9 Å². The lowest BCUT2D eigenvalue weighted by molar-refractivity contribution is 0.161. The normalized spacial score (nSPS) is 23.0. The van der Waals surface area contributed by atoms with Gasteiger partial charge in [-0.15, -0.1) is 11.8 Å². The Hall–Kier alpha value is -0.0900. The minimum absolute atomic E-state index is 0.116. The van der Waals surface area contributed by atoms with E-state index in [0.717, 1.165) is 10.5 Å². The topological polar surface area (TPSA) is 29.5 Å². The SMILES string of the molecule is COc1cc2c(c(Cl)c1Cl)SC(C(C)C)C2O. The molecule has 2 rings (SSSR count). The van der Waals surface area contributed by atoms with Crippen molar-refractivity contribution in [2.75, 3.05) is 7.11 Å². The maximum atomic E-state index is 10.3. The Bertz CT molecular complexity index is 449. The third kappa shape index (κ3) is 2.14. The van der Waals surface area contributed by atoms with E-state index in [0.29, 0.717) is 21.7 Å². The monoisotopic (exact) mass is 292 g/mol. The molecule has 94 valence electrons. The van der Waals surface area contributed by atoms with Crippen LogP contribution < -0.4 is 4.74 Å². The maximum Gasteiger partial charge on any atom is 0.139 e. The number of hydrogen-bond acceptors (Lipinski definition) is 3. The van der Waals surface area contributed by atoms with Gasteiger partial charge in [0, 0.05) is 15.7 Å². The van der Waals surface area contributed by atoms with Crippen molar-refractivity contribution in [3.8, 4) is 5.75 Å². The van der Waals surface area contributed by atoms with Gasteiger partial charge >= 0.3 is 0 Å². The molecule has 2 atom stereocenters. The number of halogens is 2. The summed E-state index contributed by atoms with van der Waals surface area (Å²) < 4.78 is 5.16. The van der Waals surface area contributed by atoms with Gasteiger partial charge in [-0.05, 0) is 12.0 Å². The van der Waals surface area contributed by atoms with E-state index in [1.807, 2.05) is 0 Å². The third-order valence-corrected chi connectivity index (χ3v) is 5.63. The van der Waals surface area contributed by atoms with Gasteiger partial charge in [0.1, 0.15) is 10.8 Å². The molecule has 1 aliphatic rings. The first-order valence-corrected chi connectivity index (χ1v) is 7.01. The number of rotatable bonds is 2. The van der Waals surface area contributed by atoms with Crippen LogP contribution in [0.1, 0.15) is 25.5 Å². The first kappa shape index (κ1) is 13.3. The van der Waals surface area contributed by atoms with Crippen LogP contribution in [0.3, 0.4) is 0 Å². The van der Waals surface area contributed by atoms with Gasteiger partial charge in [0.25, 0.3) is 0 Å². The average molecular weight is 293 g/mol. The molecule has 2 nitrogen and oxygen atoms in total. The molecule has 1 aromatic rings. The minimum Gasteiger partial charge on any atom is -0.495 e. The molecule has 0 aromatic heterocycles. The summed E-state index contributed by atoms with van der Waals surface area (Å²) >= 11 is 13.9. The lowest BCUT2D eigenvalue weighted by Gasteiger charge is -2.17. The van der Waals surface area contributed by atoms with Crippen molar-refractivity contribution in [1.82, 2.24) is 0 Å². The Morgan fingerprint density at radius 1 is 1.35 bits per heavy atom. The standard InChI is InChI=1S/C12H14Cl2O2S/c1-5(2)11-10(15)6-4-7(16-3)8(13)9(14)12(6)17-11/h4-5,10-11,15H,1-3H3. The molecule has 5 heteroatoms. The van der Waals surface area contributed by atoms with Gasteiger partial charge in [-0.2, -0.15) is 0 Å². The van der Waals surface area contributed by atoms with Crippen LogP contribution in [0.25, 0.3) is 0 Å². The lowest BCUT2D eigenvalue weighted by Crippen LogP contribution is -2.16. The van der Waals surface area contributed by atoms with Crippen molar-refractivity contribution < 1.29 is 9.84 Å². The second-order valence-corrected chi connectivity index (χ2v) is 6.34. The molecule has 0 aliphatic carbocycles. The molecule has 1 aliphatic heterocycles. The number of aliphatic hydroxyl groups is 1. The highest BCUT2D eigenvalue weighted by Crippen LogP contribution is 2.53. The number of methoxy groups -OCH3 is 1. The summed E-state index contributed by atoms with van der Waals surface area (Å²) in [5, 5.41) is 11.3. The highest BCUT2D eigenvalue weighted by molar-refractivity contribution is 8.00. The molecule has 1 aromatic carbocycles. The molecule has 0 saturated heterocycles. The lowest BCUT2D eigenvalue weighted by atomic mass is 9.99. The first-order valence-electron chi connectivity index (χ1n) is 5.38. The Kier molecular flexibility index (Phi) is 3.83. The van der Waals surface area contributed by atoms with E-state index in [-0.39, 0.29) is 5.25 Å². The summed E-state index contributed by atoms with van der Waals surface area (Å²) in [5.41, 5.74) is 0.819. The molecule has 0 bridgehead atoms.